The number of hydrogen-bond donors (Lipinski definition) is 4. The Kier molecular flexibility index (Phi) is 9.94. The fourth-order valence-corrected chi connectivity index (χ4v) is 3.95. The highest BCUT2D eigenvalue weighted by Crippen LogP contribution is 2.18. The molecule has 2 amide bonds. The van der Waals surface area contributed by atoms with Gasteiger partial charge in [-0.25, -0.2) is 0 Å². The van der Waals surface area contributed by atoms with Crippen LogP contribution >= 0.6 is 11.3 Å². The van der Waals surface area contributed by atoms with Gasteiger partial charge in [-0.3, -0.25) is 14.6 Å². The summed E-state index contributed by atoms with van der Waals surface area (Å²) in [6.07, 6.45) is 8.58. The summed E-state index contributed by atoms with van der Waals surface area (Å²) in [5, 5.41) is 14.9. The zero-order valence-electron chi connectivity index (χ0n) is 19.3. The average molecular weight is 492 g/mol. The summed E-state index contributed by atoms with van der Waals surface area (Å²) < 4.78 is 0. The van der Waals surface area contributed by atoms with Gasteiger partial charge in [-0.2, -0.15) is 0 Å². The standard InChI is InChI=1S/C25H29N7O2S/c26-19(13-14-21(27)29-22(33)16-18-8-2-1-3-9-18)10-4-5-12-24-31-32-25(35-24)30-23(34)17-20-11-6-7-15-28-20/h1-3,6-9,11,13-15H,4-5,10,12,16-17,26-27H2,(H,29,33)(H,30,32,34)/b19-13-,21-14+. The first-order valence-corrected chi connectivity index (χ1v) is 12.1. The van der Waals surface area contributed by atoms with Crippen molar-refractivity contribution < 1.29 is 9.59 Å². The quantitative estimate of drug-likeness (QED) is 0.225. The van der Waals surface area contributed by atoms with E-state index >= 15 is 0 Å². The van der Waals surface area contributed by atoms with Crippen molar-refractivity contribution in [3.8, 4) is 0 Å². The number of benzene rings is 1. The number of nitrogens with zero attached hydrogens (tertiary/aromatic N) is 3. The Bertz CT molecular complexity index is 1160. The number of allylic oxidation sites excluding steroid dienone is 3. The van der Waals surface area contributed by atoms with Gasteiger partial charge in [-0.05, 0) is 49.1 Å². The van der Waals surface area contributed by atoms with Crippen molar-refractivity contribution in [1.82, 2.24) is 20.5 Å². The smallest absolute Gasteiger partial charge is 0.232 e. The van der Waals surface area contributed by atoms with Crippen LogP contribution in [0.4, 0.5) is 5.13 Å². The molecule has 0 aliphatic carbocycles. The van der Waals surface area contributed by atoms with Gasteiger partial charge in [0.05, 0.1) is 12.8 Å². The number of pyridine rings is 1. The highest BCUT2D eigenvalue weighted by Gasteiger charge is 2.09. The van der Waals surface area contributed by atoms with Gasteiger partial charge in [0.1, 0.15) is 10.8 Å². The van der Waals surface area contributed by atoms with E-state index in [0.29, 0.717) is 22.9 Å². The van der Waals surface area contributed by atoms with Crippen LogP contribution in [-0.4, -0.2) is 27.0 Å². The molecule has 0 bridgehead atoms. The van der Waals surface area contributed by atoms with E-state index in [2.05, 4.69) is 25.8 Å². The molecular formula is C25H29N7O2S. The van der Waals surface area contributed by atoms with E-state index in [1.54, 1.807) is 24.4 Å². The Labute approximate surface area is 208 Å². The molecule has 3 aromatic rings. The molecule has 3 rings (SSSR count). The second kappa shape index (κ2) is 13.6. The van der Waals surface area contributed by atoms with E-state index in [1.807, 2.05) is 42.5 Å². The number of aromatic nitrogens is 3. The maximum Gasteiger partial charge on any atom is 0.232 e. The highest BCUT2D eigenvalue weighted by molar-refractivity contribution is 7.15. The third-order valence-electron chi connectivity index (χ3n) is 4.86. The molecule has 35 heavy (non-hydrogen) atoms. The maximum atomic E-state index is 12.1. The van der Waals surface area contributed by atoms with Crippen molar-refractivity contribution in [2.24, 2.45) is 11.5 Å². The van der Waals surface area contributed by atoms with Gasteiger partial charge in [0.2, 0.25) is 16.9 Å². The van der Waals surface area contributed by atoms with Gasteiger partial charge in [0.15, 0.2) is 0 Å². The van der Waals surface area contributed by atoms with Crippen molar-refractivity contribution in [3.05, 3.63) is 94.7 Å². The lowest BCUT2D eigenvalue weighted by molar-refractivity contribution is -0.119. The summed E-state index contributed by atoms with van der Waals surface area (Å²) in [5.41, 5.74) is 14.2. The molecule has 0 aliphatic heterocycles. The van der Waals surface area contributed by atoms with Gasteiger partial charge in [-0.1, -0.05) is 47.7 Å². The summed E-state index contributed by atoms with van der Waals surface area (Å²) in [6.45, 7) is 0. The molecule has 0 radical (unpaired) electrons. The molecular weight excluding hydrogens is 462 g/mol. The van der Waals surface area contributed by atoms with E-state index in [4.69, 9.17) is 11.5 Å². The molecule has 0 atom stereocenters. The number of aryl methyl sites for hydroxylation is 1. The molecule has 0 unspecified atom stereocenters. The Morgan fingerprint density at radius 2 is 1.71 bits per heavy atom. The zero-order chi connectivity index (χ0) is 24.9. The molecule has 0 saturated heterocycles. The van der Waals surface area contributed by atoms with Crippen molar-refractivity contribution in [2.45, 2.75) is 38.5 Å². The molecule has 0 spiro atoms. The fraction of sp³-hybridized carbons (Fsp3) is 0.240. The number of nitrogens with two attached hydrogens (primary N) is 2. The molecule has 0 aliphatic rings. The Hall–Kier alpha value is -4.05. The van der Waals surface area contributed by atoms with E-state index in [0.717, 1.165) is 29.8 Å². The third kappa shape index (κ3) is 9.76. The van der Waals surface area contributed by atoms with Crippen LogP contribution in [0.25, 0.3) is 0 Å². The number of rotatable bonds is 12. The number of anilines is 1. The number of unbranched alkanes of at least 4 members (excludes halogenated alkanes) is 1. The van der Waals surface area contributed by atoms with Crippen molar-refractivity contribution in [3.63, 3.8) is 0 Å². The molecule has 6 N–H and O–H groups in total. The van der Waals surface area contributed by atoms with E-state index < -0.39 is 0 Å². The lowest BCUT2D eigenvalue weighted by atomic mass is 10.1. The SMILES string of the molecule is N/C(=C\C=C(/N)NC(=O)Cc1ccccc1)CCCCc1nnc(NC(=O)Cc2ccccn2)s1. The summed E-state index contributed by atoms with van der Waals surface area (Å²) >= 11 is 1.36. The van der Waals surface area contributed by atoms with Gasteiger partial charge in [-0.15, -0.1) is 10.2 Å². The summed E-state index contributed by atoms with van der Waals surface area (Å²) in [6, 6.07) is 14.9. The fourth-order valence-electron chi connectivity index (χ4n) is 3.15. The number of hydrogen-bond acceptors (Lipinski definition) is 8. The van der Waals surface area contributed by atoms with Crippen LogP contribution in [0.3, 0.4) is 0 Å². The molecule has 0 fully saturated rings. The number of amides is 2. The summed E-state index contributed by atoms with van der Waals surface area (Å²) in [4.78, 5) is 28.3. The number of carbonyl (C=O) groups excluding carboxylic acids is 2. The minimum absolute atomic E-state index is 0.173. The molecule has 2 heterocycles. The zero-order valence-corrected chi connectivity index (χ0v) is 20.1. The van der Waals surface area contributed by atoms with Crippen molar-refractivity contribution >= 4 is 28.3 Å². The summed E-state index contributed by atoms with van der Waals surface area (Å²) in [7, 11) is 0. The van der Waals surface area contributed by atoms with Crippen LogP contribution in [-0.2, 0) is 28.9 Å². The second-order valence-corrected chi connectivity index (χ2v) is 8.89. The molecule has 1 aromatic carbocycles. The molecule has 182 valence electrons. The van der Waals surface area contributed by atoms with E-state index in [-0.39, 0.29) is 30.5 Å². The largest absolute Gasteiger partial charge is 0.402 e. The first-order valence-electron chi connectivity index (χ1n) is 11.3. The van der Waals surface area contributed by atoms with Crippen LogP contribution in [0.5, 0.6) is 0 Å². The normalized spacial score (nSPS) is 11.8. The molecule has 10 heteroatoms. The topological polar surface area (TPSA) is 149 Å². The minimum atomic E-state index is -0.179. The van der Waals surface area contributed by atoms with Crippen LogP contribution in [0.2, 0.25) is 0 Å². The van der Waals surface area contributed by atoms with Crippen molar-refractivity contribution in [1.29, 1.82) is 0 Å². The Morgan fingerprint density at radius 1 is 0.914 bits per heavy atom. The highest BCUT2D eigenvalue weighted by atomic mass is 32.1. The number of nitrogens with one attached hydrogen (secondary N) is 2. The minimum Gasteiger partial charge on any atom is -0.402 e. The van der Waals surface area contributed by atoms with E-state index in [1.165, 1.54) is 11.3 Å². The van der Waals surface area contributed by atoms with Gasteiger partial charge >= 0.3 is 0 Å². The van der Waals surface area contributed by atoms with Gasteiger partial charge < -0.3 is 22.1 Å². The molecule has 0 saturated carbocycles. The van der Waals surface area contributed by atoms with Gasteiger partial charge in [0, 0.05) is 24.0 Å². The average Bonchev–Trinajstić information content (AvgIpc) is 3.28. The predicted molar refractivity (Wildman–Crippen MR) is 137 cm³/mol. The lowest BCUT2D eigenvalue weighted by Gasteiger charge is -2.05. The summed E-state index contributed by atoms with van der Waals surface area (Å²) in [5.74, 6) is -0.102. The Morgan fingerprint density at radius 3 is 2.49 bits per heavy atom. The molecule has 9 nitrogen and oxygen atoms in total. The molecule has 2 aromatic heterocycles. The first-order chi connectivity index (χ1) is 17.0. The predicted octanol–water partition coefficient (Wildman–Crippen LogP) is 2.83. The lowest BCUT2D eigenvalue weighted by Crippen LogP contribution is -2.28. The first kappa shape index (κ1) is 25.6. The van der Waals surface area contributed by atoms with Crippen LogP contribution in [0.15, 0.2) is 78.4 Å². The number of carbonyl (C=O) groups is 2. The third-order valence-corrected chi connectivity index (χ3v) is 5.75. The second-order valence-electron chi connectivity index (χ2n) is 7.83. The van der Waals surface area contributed by atoms with Crippen LogP contribution in [0, 0.1) is 0 Å². The maximum absolute atomic E-state index is 12.1. The monoisotopic (exact) mass is 491 g/mol. The van der Waals surface area contributed by atoms with Gasteiger partial charge in [0.25, 0.3) is 0 Å². The van der Waals surface area contributed by atoms with E-state index in [9.17, 15) is 9.59 Å². The van der Waals surface area contributed by atoms with Crippen molar-refractivity contribution in [2.75, 3.05) is 5.32 Å². The van der Waals surface area contributed by atoms with Crippen LogP contribution < -0.4 is 22.1 Å². The Balaban J connectivity index is 1.33. The van der Waals surface area contributed by atoms with Crippen LogP contribution in [0.1, 0.15) is 35.5 Å².